The van der Waals surface area contributed by atoms with Gasteiger partial charge >= 0.3 is 204 Å². The van der Waals surface area contributed by atoms with Crippen LogP contribution < -0.4 is 17.6 Å². The molecule has 0 aromatic heterocycles. The van der Waals surface area contributed by atoms with Gasteiger partial charge in [0.25, 0.3) is 0 Å². The van der Waals surface area contributed by atoms with Crippen LogP contribution in [0.1, 0.15) is 14.4 Å². The molecule has 0 unspecified atom stereocenters. The Bertz CT molecular complexity index is 970. The quantitative estimate of drug-likeness (QED) is 0.151. The van der Waals surface area contributed by atoms with E-state index in [4.69, 9.17) is 53.3 Å². The van der Waals surface area contributed by atoms with Crippen molar-refractivity contribution < 1.29 is 0 Å². The van der Waals surface area contributed by atoms with E-state index in [1.165, 1.54) is 5.25 Å². The maximum atomic E-state index is 6.54. The van der Waals surface area contributed by atoms with Gasteiger partial charge in [-0.05, 0) is 0 Å². The van der Waals surface area contributed by atoms with Crippen molar-refractivity contribution in [1.82, 2.24) is 0 Å². The van der Waals surface area contributed by atoms with Crippen molar-refractivity contribution in [3.05, 3.63) is 121 Å². The van der Waals surface area contributed by atoms with Gasteiger partial charge in [0, 0.05) is 0 Å². The van der Waals surface area contributed by atoms with Crippen LogP contribution in [-0.4, -0.2) is 32.5 Å². The van der Waals surface area contributed by atoms with Crippen LogP contribution in [0.3, 0.4) is 0 Å². The van der Waals surface area contributed by atoms with Crippen LogP contribution in [0.25, 0.3) is 0 Å². The van der Waals surface area contributed by atoms with Crippen LogP contribution in [0.15, 0.2) is 121 Å². The SMILES string of the molecule is C.C[CH2][Ge]([c]1ccccc1)[c]1ccccc1.Cl[Si](Cl)Cl.[Cl][Ge]([Cl])([c]1ccccc1)[c]1ccccc1. The molecule has 0 aliphatic carbocycles. The fourth-order valence-electron chi connectivity index (χ4n) is 3.32. The van der Waals surface area contributed by atoms with E-state index in [0.29, 0.717) is 0 Å². The Morgan fingerprint density at radius 1 is 0.571 bits per heavy atom. The van der Waals surface area contributed by atoms with Gasteiger partial charge in [-0.1, -0.05) is 7.43 Å². The van der Waals surface area contributed by atoms with Gasteiger partial charge in [-0.3, -0.25) is 0 Å². The minimum absolute atomic E-state index is 0. The van der Waals surface area contributed by atoms with Crippen LogP contribution in [0.5, 0.6) is 0 Å². The summed E-state index contributed by atoms with van der Waals surface area (Å²) in [4.78, 5) is 0. The van der Waals surface area contributed by atoms with Crippen LogP contribution in [0.4, 0.5) is 0 Å². The summed E-state index contributed by atoms with van der Waals surface area (Å²) in [6, 6.07) is 41.8. The van der Waals surface area contributed by atoms with E-state index in [1.807, 2.05) is 60.7 Å². The van der Waals surface area contributed by atoms with Crippen LogP contribution in [0, 0.1) is 0 Å². The van der Waals surface area contributed by atoms with Gasteiger partial charge < -0.3 is 0 Å². The first kappa shape index (κ1) is 32.7. The molecule has 8 heteroatoms. The molecule has 4 aromatic carbocycles. The number of hydrogen-bond acceptors (Lipinski definition) is 0. The normalized spacial score (nSPS) is 10.4. The molecule has 0 nitrogen and oxygen atoms in total. The minimum atomic E-state index is -3.05. The Kier molecular flexibility index (Phi) is 16.8. The summed E-state index contributed by atoms with van der Waals surface area (Å²) in [5.74, 6) is 0. The summed E-state index contributed by atoms with van der Waals surface area (Å²) in [5.41, 5.74) is 0. The summed E-state index contributed by atoms with van der Waals surface area (Å²) in [6.07, 6.45) is 0. The zero-order chi connectivity index (χ0) is 24.8. The number of halogens is 5. The number of benzene rings is 4. The average Bonchev–Trinajstić information content (AvgIpc) is 2.87. The Hall–Kier alpha value is -0.367. The molecular weight excluding hydrogens is 675 g/mol. The summed E-state index contributed by atoms with van der Waals surface area (Å²) in [5, 5.41) is 1.31. The number of hydrogen-bond donors (Lipinski definition) is 0. The van der Waals surface area contributed by atoms with E-state index in [0.717, 1.165) is 8.79 Å². The topological polar surface area (TPSA) is 0 Å². The Morgan fingerprint density at radius 3 is 1.09 bits per heavy atom. The molecule has 4 rings (SSSR count). The molecule has 0 spiro atoms. The Balaban J connectivity index is 0.000000297. The predicted octanol–water partition coefficient (Wildman–Crippen LogP) is 7.36. The molecule has 0 N–H and O–H groups in total. The molecule has 0 fully saturated rings. The summed E-state index contributed by atoms with van der Waals surface area (Å²) in [6.45, 7) is 0.852. The van der Waals surface area contributed by atoms with Gasteiger partial charge in [0.2, 0.25) is 0 Å². The molecule has 0 amide bonds. The molecule has 0 saturated carbocycles. The van der Waals surface area contributed by atoms with Gasteiger partial charge in [0.1, 0.15) is 0 Å². The van der Waals surface area contributed by atoms with Crippen molar-refractivity contribution in [3.63, 3.8) is 0 Å². The number of rotatable bonds is 5. The first-order chi connectivity index (χ1) is 16.4. The molecule has 35 heavy (non-hydrogen) atoms. The van der Waals surface area contributed by atoms with Crippen molar-refractivity contribution in [2.75, 3.05) is 0 Å². The van der Waals surface area contributed by atoms with Crippen molar-refractivity contribution in [2.24, 2.45) is 0 Å². The van der Waals surface area contributed by atoms with Gasteiger partial charge in [-0.25, -0.2) is 0 Å². The van der Waals surface area contributed by atoms with Gasteiger partial charge in [-0.15, -0.1) is 33.2 Å². The molecule has 0 aliphatic heterocycles. The van der Waals surface area contributed by atoms with Crippen molar-refractivity contribution in [3.8, 4) is 0 Å². The second kappa shape index (κ2) is 18.0. The predicted molar refractivity (Wildman–Crippen MR) is 168 cm³/mol. The second-order valence-electron chi connectivity index (χ2n) is 7.08. The molecule has 0 heterocycles. The summed E-state index contributed by atoms with van der Waals surface area (Å²) in [7, 11) is 13.1. The second-order valence-corrected chi connectivity index (χ2v) is 30.3. The van der Waals surface area contributed by atoms with Crippen LogP contribution >= 0.6 is 53.3 Å². The third kappa shape index (κ3) is 11.7. The van der Waals surface area contributed by atoms with E-state index < -0.39 is 32.5 Å². The van der Waals surface area contributed by atoms with Gasteiger partial charge in [0.05, 0.1) is 0 Å². The monoisotopic (exact) mass is 704 g/mol. The third-order valence-electron chi connectivity index (χ3n) is 4.87. The third-order valence-corrected chi connectivity index (χ3v) is 19.7. The van der Waals surface area contributed by atoms with E-state index in [9.17, 15) is 0 Å². The fraction of sp³-hybridized carbons (Fsp3) is 0.111. The zero-order valence-electron chi connectivity index (χ0n) is 18.6. The van der Waals surface area contributed by atoms with Gasteiger partial charge in [0.15, 0.2) is 0 Å². The van der Waals surface area contributed by atoms with E-state index in [-0.39, 0.29) is 7.43 Å². The van der Waals surface area contributed by atoms with E-state index >= 15 is 0 Å². The van der Waals surface area contributed by atoms with Crippen molar-refractivity contribution in [1.29, 1.82) is 0 Å². The molecule has 0 saturated heterocycles. The Morgan fingerprint density at radius 2 is 0.829 bits per heavy atom. The fourth-order valence-corrected chi connectivity index (χ4v) is 14.1. The first-order valence-corrected chi connectivity index (χ1v) is 26.4. The first-order valence-electron chi connectivity index (χ1n) is 10.6. The van der Waals surface area contributed by atoms with Crippen LogP contribution in [0.2, 0.25) is 5.25 Å². The zero-order valence-corrected chi connectivity index (χ0v) is 27.6. The molecule has 0 aliphatic rings. The van der Waals surface area contributed by atoms with E-state index in [1.54, 1.807) is 8.79 Å². The average molecular weight is 704 g/mol. The summed E-state index contributed by atoms with van der Waals surface area (Å²) < 4.78 is 5.30. The molecule has 4 aromatic rings. The molecular formula is C27H29Cl5Ge2Si. The standard InChI is InChI=1S/C14H15Ge.C12H10Cl2Ge.CH4.Cl3Si/c1-2-15(13-9-5-3-6-10-13)14-11-7-4-8-12-14;13-15(14,11-7-3-1-4-8-11)12-9-5-2-6-10-12;;1-4(2)3/h3-12H,2H2,1H3;1-10H;1H4;. The molecule has 0 atom stereocenters. The van der Waals surface area contributed by atoms with Crippen LogP contribution in [-0.2, 0) is 0 Å². The van der Waals surface area contributed by atoms with Crippen molar-refractivity contribution in [2.45, 2.75) is 19.6 Å². The van der Waals surface area contributed by atoms with Gasteiger partial charge in [-0.2, -0.15) is 0 Å². The maximum absolute atomic E-state index is 6.54. The molecule has 0 bridgehead atoms. The van der Waals surface area contributed by atoms with Crippen molar-refractivity contribution >= 4 is 103 Å². The van der Waals surface area contributed by atoms with E-state index in [2.05, 4.69) is 67.6 Å². The Labute approximate surface area is 242 Å². The summed E-state index contributed by atoms with van der Waals surface area (Å²) >= 11 is 10.4. The molecule has 2 radical (unpaired) electrons. The molecule has 184 valence electrons.